The smallest absolute Gasteiger partial charge is 0.227 e. The zero-order valence-electron chi connectivity index (χ0n) is 17.2. The Labute approximate surface area is 185 Å². The molecular weight excluding hydrogens is 414 g/mol. The molecule has 0 saturated carbocycles. The second-order valence-electron chi connectivity index (χ2n) is 7.04. The average molecular weight is 436 g/mol. The molecule has 0 spiro atoms. The highest BCUT2D eigenvalue weighted by molar-refractivity contribution is 6.32. The second kappa shape index (κ2) is 9.53. The fourth-order valence-electron chi connectivity index (χ4n) is 3.17. The maximum atomic E-state index is 6.34. The van der Waals surface area contributed by atoms with Crippen LogP contribution in [0.1, 0.15) is 19.4 Å². The molecule has 158 valence electrons. The minimum atomic E-state index is -0.169. The van der Waals surface area contributed by atoms with Gasteiger partial charge >= 0.3 is 0 Å². The first kappa shape index (κ1) is 20.7. The number of ether oxygens (including phenoxy) is 1. The van der Waals surface area contributed by atoms with Crippen molar-refractivity contribution >= 4 is 23.2 Å². The number of halogens is 1. The van der Waals surface area contributed by atoms with Gasteiger partial charge in [0.25, 0.3) is 0 Å². The van der Waals surface area contributed by atoms with Gasteiger partial charge in [0.15, 0.2) is 0 Å². The molecule has 4 rings (SSSR count). The minimum absolute atomic E-state index is 0.169. The molecule has 0 amide bonds. The van der Waals surface area contributed by atoms with E-state index in [0.717, 1.165) is 23.2 Å². The highest BCUT2D eigenvalue weighted by Gasteiger charge is 2.12. The Morgan fingerprint density at radius 2 is 1.90 bits per heavy atom. The number of nitrogens with one attached hydrogen (secondary N) is 1. The number of rotatable bonds is 8. The summed E-state index contributed by atoms with van der Waals surface area (Å²) in [6, 6.07) is 13.7. The van der Waals surface area contributed by atoms with E-state index in [1.165, 1.54) is 5.56 Å². The van der Waals surface area contributed by atoms with Crippen molar-refractivity contribution in [3.8, 4) is 16.9 Å². The molecule has 2 aromatic carbocycles. The highest BCUT2D eigenvalue weighted by Crippen LogP contribution is 2.31. The minimum Gasteiger partial charge on any atom is -0.487 e. The van der Waals surface area contributed by atoms with Crippen molar-refractivity contribution in [3.63, 3.8) is 0 Å². The topological polar surface area (TPSA) is 90.6 Å². The third-order valence-electron chi connectivity index (χ3n) is 4.72. The molecule has 4 aromatic rings. The van der Waals surface area contributed by atoms with Crippen molar-refractivity contribution in [3.05, 3.63) is 71.8 Å². The third-order valence-corrected chi connectivity index (χ3v) is 5.04. The van der Waals surface area contributed by atoms with E-state index in [0.29, 0.717) is 23.3 Å². The van der Waals surface area contributed by atoms with Gasteiger partial charge in [-0.2, -0.15) is 0 Å². The standard InChI is InChI=1S/C22H22ClN7O/c1-3-16-6-4-5-7-20(16)27-22-24-11-18(12-25-22)17-8-9-19(23)21(10-17)31-15(2)13-30-14-26-28-29-30/h4-12,14-15H,3,13H2,1-2H3,(H,24,25,27). The molecule has 0 fully saturated rings. The number of nitrogens with zero attached hydrogens (tertiary/aromatic N) is 6. The summed E-state index contributed by atoms with van der Waals surface area (Å²) in [6.45, 7) is 4.56. The van der Waals surface area contributed by atoms with Gasteiger partial charge in [0.2, 0.25) is 5.95 Å². The molecule has 8 nitrogen and oxygen atoms in total. The van der Waals surface area contributed by atoms with Crippen LogP contribution in [-0.4, -0.2) is 36.3 Å². The Morgan fingerprint density at radius 1 is 1.10 bits per heavy atom. The van der Waals surface area contributed by atoms with Crippen LogP contribution in [0.5, 0.6) is 5.75 Å². The number of hydrogen-bond donors (Lipinski definition) is 1. The fraction of sp³-hybridized carbons (Fsp3) is 0.227. The number of tetrazole rings is 1. The number of para-hydroxylation sites is 1. The van der Waals surface area contributed by atoms with Crippen LogP contribution < -0.4 is 10.1 Å². The highest BCUT2D eigenvalue weighted by atomic mass is 35.5. The summed E-state index contributed by atoms with van der Waals surface area (Å²) >= 11 is 6.34. The van der Waals surface area contributed by atoms with Gasteiger partial charge in [-0.3, -0.25) is 0 Å². The van der Waals surface area contributed by atoms with E-state index in [1.54, 1.807) is 29.5 Å². The predicted molar refractivity (Wildman–Crippen MR) is 119 cm³/mol. The zero-order valence-corrected chi connectivity index (χ0v) is 18.0. The van der Waals surface area contributed by atoms with E-state index in [1.807, 2.05) is 37.3 Å². The molecule has 0 radical (unpaired) electrons. The van der Waals surface area contributed by atoms with Gasteiger partial charge in [-0.05, 0) is 53.1 Å². The normalized spacial score (nSPS) is 11.8. The number of hydrogen-bond acceptors (Lipinski definition) is 7. The van der Waals surface area contributed by atoms with E-state index in [2.05, 4.69) is 43.8 Å². The van der Waals surface area contributed by atoms with Crippen molar-refractivity contribution in [1.29, 1.82) is 0 Å². The number of anilines is 2. The zero-order chi connectivity index (χ0) is 21.6. The predicted octanol–water partition coefficient (Wildman–Crippen LogP) is 4.56. The molecular formula is C22H22ClN7O. The lowest BCUT2D eigenvalue weighted by Gasteiger charge is -2.16. The van der Waals surface area contributed by atoms with Gasteiger partial charge in [-0.15, -0.1) is 5.10 Å². The third kappa shape index (κ3) is 5.16. The summed E-state index contributed by atoms with van der Waals surface area (Å²) < 4.78 is 7.62. The number of aryl methyl sites for hydroxylation is 1. The first-order valence-electron chi connectivity index (χ1n) is 9.96. The second-order valence-corrected chi connectivity index (χ2v) is 7.44. The van der Waals surface area contributed by atoms with Crippen LogP contribution in [0.3, 0.4) is 0 Å². The van der Waals surface area contributed by atoms with Gasteiger partial charge in [-0.25, -0.2) is 14.6 Å². The molecule has 0 aliphatic carbocycles. The summed E-state index contributed by atoms with van der Waals surface area (Å²) in [7, 11) is 0. The molecule has 1 N–H and O–H groups in total. The number of benzene rings is 2. The van der Waals surface area contributed by atoms with E-state index in [4.69, 9.17) is 16.3 Å². The van der Waals surface area contributed by atoms with Crippen LogP contribution in [0.15, 0.2) is 61.2 Å². The first-order valence-corrected chi connectivity index (χ1v) is 10.3. The summed E-state index contributed by atoms with van der Waals surface area (Å²) in [4.78, 5) is 8.93. The molecule has 1 atom stereocenters. The molecule has 1 unspecified atom stereocenters. The van der Waals surface area contributed by atoms with Gasteiger partial charge in [0, 0.05) is 23.6 Å². The summed E-state index contributed by atoms with van der Waals surface area (Å²) in [5.74, 6) is 1.13. The quantitative estimate of drug-likeness (QED) is 0.434. The Balaban J connectivity index is 1.48. The Morgan fingerprint density at radius 3 is 2.65 bits per heavy atom. The monoisotopic (exact) mass is 435 g/mol. The van der Waals surface area contributed by atoms with Crippen LogP contribution in [0, 0.1) is 0 Å². The van der Waals surface area contributed by atoms with E-state index < -0.39 is 0 Å². The molecule has 0 aliphatic rings. The largest absolute Gasteiger partial charge is 0.487 e. The summed E-state index contributed by atoms with van der Waals surface area (Å²) in [5.41, 5.74) is 4.00. The Bertz CT molecular complexity index is 1130. The summed E-state index contributed by atoms with van der Waals surface area (Å²) in [5, 5.41) is 14.9. The van der Waals surface area contributed by atoms with Gasteiger partial charge in [-0.1, -0.05) is 42.8 Å². The van der Waals surface area contributed by atoms with Crippen molar-refractivity contribution in [1.82, 2.24) is 30.2 Å². The van der Waals surface area contributed by atoms with Crippen LogP contribution in [-0.2, 0) is 13.0 Å². The van der Waals surface area contributed by atoms with E-state index in [9.17, 15) is 0 Å². The number of aromatic nitrogens is 6. The van der Waals surface area contributed by atoms with Crippen LogP contribution in [0.25, 0.3) is 11.1 Å². The molecule has 2 heterocycles. The molecule has 0 bridgehead atoms. The lowest BCUT2D eigenvalue weighted by Crippen LogP contribution is -2.20. The van der Waals surface area contributed by atoms with Crippen LogP contribution >= 0.6 is 11.6 Å². The molecule has 0 saturated heterocycles. The maximum absolute atomic E-state index is 6.34. The molecule has 31 heavy (non-hydrogen) atoms. The summed E-state index contributed by atoms with van der Waals surface area (Å²) in [6.07, 6.45) is 5.87. The molecule has 9 heteroatoms. The lowest BCUT2D eigenvalue weighted by molar-refractivity contribution is 0.193. The van der Waals surface area contributed by atoms with Gasteiger partial charge in [0.1, 0.15) is 18.2 Å². The molecule has 0 aliphatic heterocycles. The van der Waals surface area contributed by atoms with Crippen molar-refractivity contribution in [2.75, 3.05) is 5.32 Å². The van der Waals surface area contributed by atoms with Crippen molar-refractivity contribution in [2.24, 2.45) is 0 Å². The van der Waals surface area contributed by atoms with E-state index in [-0.39, 0.29) is 6.10 Å². The van der Waals surface area contributed by atoms with Crippen LogP contribution in [0.4, 0.5) is 11.6 Å². The Hall–Kier alpha value is -3.52. The van der Waals surface area contributed by atoms with Gasteiger partial charge in [0.05, 0.1) is 11.6 Å². The maximum Gasteiger partial charge on any atom is 0.227 e. The lowest BCUT2D eigenvalue weighted by atomic mass is 10.1. The Kier molecular flexibility index (Phi) is 6.37. The van der Waals surface area contributed by atoms with Gasteiger partial charge < -0.3 is 10.1 Å². The van der Waals surface area contributed by atoms with Crippen molar-refractivity contribution in [2.45, 2.75) is 32.9 Å². The fourth-order valence-corrected chi connectivity index (χ4v) is 3.33. The molecule has 2 aromatic heterocycles. The SMILES string of the molecule is CCc1ccccc1Nc1ncc(-c2ccc(Cl)c(OC(C)Cn3cnnn3)c2)cn1. The van der Waals surface area contributed by atoms with Crippen molar-refractivity contribution < 1.29 is 4.74 Å². The average Bonchev–Trinajstić information content (AvgIpc) is 3.29. The first-order chi connectivity index (χ1) is 15.1. The van der Waals surface area contributed by atoms with Crippen LogP contribution in [0.2, 0.25) is 5.02 Å². The van der Waals surface area contributed by atoms with E-state index >= 15 is 0 Å².